The molecule has 0 radical (unpaired) electrons. The van der Waals surface area contributed by atoms with E-state index in [1.165, 1.54) is 5.56 Å². The number of hydrogen-bond donors (Lipinski definition) is 0. The van der Waals surface area contributed by atoms with Gasteiger partial charge in [-0.15, -0.1) is 0 Å². The van der Waals surface area contributed by atoms with Crippen molar-refractivity contribution in [3.05, 3.63) is 102 Å². The Bertz CT molecular complexity index is 1820. The highest BCUT2D eigenvalue weighted by Gasteiger charge is 2.23. The molecule has 6 aromatic rings. The minimum Gasteiger partial charge on any atom is -0.455 e. The molecule has 0 bridgehead atoms. The number of furan rings is 1. The van der Waals surface area contributed by atoms with Gasteiger partial charge in [0, 0.05) is 28.5 Å². The van der Waals surface area contributed by atoms with Gasteiger partial charge in [-0.05, 0) is 64.4 Å². The van der Waals surface area contributed by atoms with Crippen LogP contribution in [0.25, 0.3) is 55.1 Å². The summed E-state index contributed by atoms with van der Waals surface area (Å²) in [5, 5.41) is 3.95. The third kappa shape index (κ3) is 4.19. The fraction of sp³-hybridized carbons (Fsp3) is 0.206. The first-order chi connectivity index (χ1) is 17.7. The quantitative estimate of drug-likeness (QED) is 0.227. The summed E-state index contributed by atoms with van der Waals surface area (Å²) in [5.74, 6) is -0.245. The summed E-state index contributed by atoms with van der Waals surface area (Å²) < 4.78 is 24.2. The highest BCUT2D eigenvalue weighted by molar-refractivity contribution is 6.10. The van der Waals surface area contributed by atoms with Crippen molar-refractivity contribution in [1.29, 1.82) is 0 Å². The molecule has 2 heterocycles. The Balaban J connectivity index is 1.55. The Kier molecular flexibility index (Phi) is 5.41. The Labute approximate surface area is 217 Å². The van der Waals surface area contributed by atoms with Crippen LogP contribution in [0, 0.1) is 18.2 Å². The number of halogens is 1. The van der Waals surface area contributed by atoms with E-state index in [0.29, 0.717) is 11.1 Å². The highest BCUT2D eigenvalue weighted by atomic mass is 19.1. The van der Waals surface area contributed by atoms with Crippen molar-refractivity contribution in [2.75, 3.05) is 0 Å². The van der Waals surface area contributed by atoms with Gasteiger partial charge in [0.15, 0.2) is 6.20 Å². The van der Waals surface area contributed by atoms with E-state index < -0.39 is 0 Å². The largest absolute Gasteiger partial charge is 0.455 e. The van der Waals surface area contributed by atoms with E-state index in [1.54, 1.807) is 6.07 Å². The molecule has 37 heavy (non-hydrogen) atoms. The molecule has 4 aromatic carbocycles. The summed E-state index contributed by atoms with van der Waals surface area (Å²) >= 11 is 0. The van der Waals surface area contributed by atoms with Crippen molar-refractivity contribution in [2.24, 2.45) is 12.5 Å². The summed E-state index contributed by atoms with van der Waals surface area (Å²) in [6.07, 6.45) is 3.10. The molecule has 2 aromatic heterocycles. The molecule has 0 aliphatic heterocycles. The predicted octanol–water partition coefficient (Wildman–Crippen LogP) is 8.93. The lowest BCUT2D eigenvalue weighted by Crippen LogP contribution is -2.31. The molecule has 0 saturated heterocycles. The molecule has 0 fully saturated rings. The van der Waals surface area contributed by atoms with Crippen LogP contribution < -0.4 is 4.57 Å². The predicted molar refractivity (Wildman–Crippen MR) is 151 cm³/mol. The molecule has 2 nitrogen and oxygen atoms in total. The Morgan fingerprint density at radius 1 is 0.838 bits per heavy atom. The number of aryl methyl sites for hydroxylation is 2. The number of pyridine rings is 1. The highest BCUT2D eigenvalue weighted by Crippen LogP contribution is 2.40. The molecule has 3 heteroatoms. The molecule has 0 aliphatic rings. The van der Waals surface area contributed by atoms with E-state index in [0.717, 1.165) is 55.9 Å². The Morgan fingerprint density at radius 2 is 1.62 bits per heavy atom. The van der Waals surface area contributed by atoms with Gasteiger partial charge in [0.1, 0.15) is 24.0 Å². The molecule has 0 amide bonds. The average Bonchev–Trinajstić information content (AvgIpc) is 3.21. The maximum Gasteiger partial charge on any atom is 0.216 e. The van der Waals surface area contributed by atoms with Gasteiger partial charge in [0.25, 0.3) is 0 Å². The van der Waals surface area contributed by atoms with Gasteiger partial charge in [-0.3, -0.25) is 0 Å². The molecule has 0 atom stereocenters. The minimum atomic E-state index is -0.245. The second-order valence-electron chi connectivity index (χ2n) is 11.4. The topological polar surface area (TPSA) is 17.0 Å². The van der Waals surface area contributed by atoms with Crippen LogP contribution in [0.1, 0.15) is 31.9 Å². The normalized spacial score (nSPS) is 12.2. The molecule has 6 rings (SSSR count). The van der Waals surface area contributed by atoms with Crippen LogP contribution in [0.4, 0.5) is 4.39 Å². The lowest BCUT2D eigenvalue weighted by Gasteiger charge is -2.18. The number of nitrogens with zero attached hydrogens (tertiary/aromatic N) is 1. The summed E-state index contributed by atoms with van der Waals surface area (Å²) in [6, 6.07) is 26.3. The molecular formula is C34H31FNO+. The number of rotatable bonds is 3. The van der Waals surface area contributed by atoms with E-state index in [2.05, 4.69) is 75.8 Å². The smallest absolute Gasteiger partial charge is 0.216 e. The SMILES string of the molecule is Cc1ccc2c(oc3cc(-c4ccc5ccccc5c4)c(F)cc32)c1-c1cc(CC(C)(C)C)cc[n+]1C. The number of benzene rings is 4. The second kappa shape index (κ2) is 8.55. The fourth-order valence-electron chi connectivity index (χ4n) is 5.44. The average molecular weight is 489 g/mol. The first-order valence-electron chi connectivity index (χ1n) is 12.8. The Hall–Kier alpha value is -3.98. The van der Waals surface area contributed by atoms with Crippen molar-refractivity contribution < 1.29 is 13.4 Å². The van der Waals surface area contributed by atoms with Crippen molar-refractivity contribution >= 4 is 32.7 Å². The molecule has 0 spiro atoms. The van der Waals surface area contributed by atoms with Gasteiger partial charge in [-0.2, -0.15) is 0 Å². The lowest BCUT2D eigenvalue weighted by atomic mass is 9.88. The second-order valence-corrected chi connectivity index (χ2v) is 11.4. The standard InChI is InChI=1S/C34H31FNO/c1-21-10-13-26-28-18-29(35)27(25-12-11-23-8-6-7-9-24(23)17-25)19-31(28)37-33(26)32(21)30-16-22(14-15-36(30)5)20-34(2,3)4/h6-19H,20H2,1-5H3/q+1. The van der Waals surface area contributed by atoms with Gasteiger partial charge in [0.05, 0.1) is 5.56 Å². The van der Waals surface area contributed by atoms with Gasteiger partial charge in [-0.1, -0.05) is 69.3 Å². The third-order valence-electron chi connectivity index (χ3n) is 7.20. The number of hydrogen-bond acceptors (Lipinski definition) is 1. The minimum absolute atomic E-state index is 0.189. The van der Waals surface area contributed by atoms with Gasteiger partial charge in [0.2, 0.25) is 5.69 Å². The van der Waals surface area contributed by atoms with Crippen molar-refractivity contribution in [2.45, 2.75) is 34.1 Å². The molecule has 0 aliphatic carbocycles. The van der Waals surface area contributed by atoms with Gasteiger partial charge >= 0.3 is 0 Å². The van der Waals surface area contributed by atoms with Crippen LogP contribution in [-0.2, 0) is 13.5 Å². The first-order valence-corrected chi connectivity index (χ1v) is 12.8. The molecule has 184 valence electrons. The van der Waals surface area contributed by atoms with E-state index in [4.69, 9.17) is 4.42 Å². The van der Waals surface area contributed by atoms with Crippen molar-refractivity contribution in [3.63, 3.8) is 0 Å². The maximum atomic E-state index is 15.5. The number of fused-ring (bicyclic) bond motifs is 4. The molecule has 0 saturated carbocycles. The van der Waals surface area contributed by atoms with Crippen LogP contribution in [0.3, 0.4) is 0 Å². The molecule has 0 N–H and O–H groups in total. The van der Waals surface area contributed by atoms with Crippen molar-refractivity contribution in [1.82, 2.24) is 0 Å². The van der Waals surface area contributed by atoms with Crippen LogP contribution in [0.5, 0.6) is 0 Å². The summed E-state index contributed by atoms with van der Waals surface area (Å²) in [7, 11) is 2.06. The van der Waals surface area contributed by atoms with E-state index >= 15 is 4.39 Å². The zero-order chi connectivity index (χ0) is 25.9. The summed E-state index contributed by atoms with van der Waals surface area (Å²) in [6.45, 7) is 8.88. The zero-order valence-corrected chi connectivity index (χ0v) is 22.0. The molecular weight excluding hydrogens is 457 g/mol. The van der Waals surface area contributed by atoms with Gasteiger partial charge in [-0.25, -0.2) is 8.96 Å². The Morgan fingerprint density at radius 3 is 2.41 bits per heavy atom. The fourth-order valence-corrected chi connectivity index (χ4v) is 5.44. The van der Waals surface area contributed by atoms with E-state index in [-0.39, 0.29) is 11.2 Å². The van der Waals surface area contributed by atoms with Crippen LogP contribution in [0.15, 0.2) is 89.5 Å². The van der Waals surface area contributed by atoms with Crippen LogP contribution >= 0.6 is 0 Å². The van der Waals surface area contributed by atoms with Gasteiger partial charge < -0.3 is 4.42 Å². The third-order valence-corrected chi connectivity index (χ3v) is 7.20. The summed E-state index contributed by atoms with van der Waals surface area (Å²) in [5.41, 5.74) is 7.65. The summed E-state index contributed by atoms with van der Waals surface area (Å²) in [4.78, 5) is 0. The monoisotopic (exact) mass is 488 g/mol. The lowest BCUT2D eigenvalue weighted by molar-refractivity contribution is -0.660. The number of aromatic nitrogens is 1. The molecule has 0 unspecified atom stereocenters. The maximum absolute atomic E-state index is 15.5. The van der Waals surface area contributed by atoms with E-state index in [9.17, 15) is 0 Å². The van der Waals surface area contributed by atoms with Crippen LogP contribution in [0.2, 0.25) is 0 Å². The van der Waals surface area contributed by atoms with E-state index in [1.807, 2.05) is 42.5 Å². The van der Waals surface area contributed by atoms with Crippen molar-refractivity contribution in [3.8, 4) is 22.4 Å². The van der Waals surface area contributed by atoms with Crippen LogP contribution in [-0.4, -0.2) is 0 Å². The zero-order valence-electron chi connectivity index (χ0n) is 22.0. The first kappa shape index (κ1) is 23.4.